The first-order valence-corrected chi connectivity index (χ1v) is 21.0. The van der Waals surface area contributed by atoms with Gasteiger partial charge in [-0.15, -0.1) is 11.1 Å². The fourth-order valence-electron chi connectivity index (χ4n) is 7.91. The highest BCUT2D eigenvalue weighted by molar-refractivity contribution is 7.13. The molecule has 0 unspecified atom stereocenters. The standard InChI is InChI=1S/C42H46O2Si2/c1-27(2)45(28(3)4,31(9)43)21-19-37-39-23-33-15-11-13-17-35(33)25-41(39)38(20-22-46(29(5)6,30(7)8)32(10)44)42-26-36-18-14-12-16-34(36)24-40(37)42/h11-18,23-30H,1-10H3. The van der Waals surface area contributed by atoms with Gasteiger partial charge in [0.15, 0.2) is 0 Å². The van der Waals surface area contributed by atoms with Crippen LogP contribution in [0.15, 0.2) is 72.8 Å². The average Bonchev–Trinajstić information content (AvgIpc) is 2.99. The van der Waals surface area contributed by atoms with Gasteiger partial charge in [-0.25, -0.2) is 0 Å². The van der Waals surface area contributed by atoms with Crippen molar-refractivity contribution in [2.45, 2.75) is 91.4 Å². The van der Waals surface area contributed by atoms with Crippen LogP contribution in [-0.4, -0.2) is 27.0 Å². The highest BCUT2D eigenvalue weighted by Gasteiger charge is 2.45. The molecule has 0 radical (unpaired) electrons. The van der Waals surface area contributed by atoms with E-state index in [9.17, 15) is 9.59 Å². The number of carbonyl (C=O) groups excluding carboxylic acids is 2. The van der Waals surface area contributed by atoms with Crippen LogP contribution in [0.2, 0.25) is 22.2 Å². The number of rotatable bonds is 6. The molecule has 0 spiro atoms. The molecule has 0 aliphatic carbocycles. The summed E-state index contributed by atoms with van der Waals surface area (Å²) >= 11 is 0. The van der Waals surface area contributed by atoms with Crippen LogP contribution < -0.4 is 0 Å². The summed E-state index contributed by atoms with van der Waals surface area (Å²) in [6.45, 7) is 20.8. The Morgan fingerprint density at radius 3 is 0.913 bits per heavy atom. The fraction of sp³-hybridized carbons (Fsp3) is 0.333. The predicted octanol–water partition coefficient (Wildman–Crippen LogP) is 10.9. The Balaban J connectivity index is 2.04. The molecule has 4 heteroatoms. The molecule has 0 heterocycles. The molecule has 234 valence electrons. The van der Waals surface area contributed by atoms with Gasteiger partial charge in [-0.2, -0.15) is 0 Å². The quantitative estimate of drug-likeness (QED) is 0.105. The van der Waals surface area contributed by atoms with E-state index in [1.807, 2.05) is 0 Å². The van der Waals surface area contributed by atoms with Crippen LogP contribution in [0.3, 0.4) is 0 Å². The van der Waals surface area contributed by atoms with E-state index in [1.54, 1.807) is 13.8 Å². The third-order valence-electron chi connectivity index (χ3n) is 10.4. The topological polar surface area (TPSA) is 34.1 Å². The molecule has 5 rings (SSSR count). The van der Waals surface area contributed by atoms with E-state index in [2.05, 4.69) is 151 Å². The molecule has 46 heavy (non-hydrogen) atoms. The van der Waals surface area contributed by atoms with E-state index in [0.29, 0.717) is 0 Å². The van der Waals surface area contributed by atoms with Gasteiger partial charge in [0, 0.05) is 11.1 Å². The maximum atomic E-state index is 13.4. The molecule has 5 aromatic rings. The van der Waals surface area contributed by atoms with Gasteiger partial charge in [-0.1, -0.05) is 116 Å². The average molecular weight is 639 g/mol. The van der Waals surface area contributed by atoms with E-state index >= 15 is 0 Å². The summed E-state index contributed by atoms with van der Waals surface area (Å²) in [4.78, 5) is 26.7. The molecule has 0 aliphatic heterocycles. The first-order chi connectivity index (χ1) is 21.7. The zero-order valence-electron chi connectivity index (χ0n) is 29.1. The Bertz CT molecular complexity index is 1880. The molecule has 0 aliphatic rings. The Labute approximate surface area is 277 Å². The second kappa shape index (κ2) is 12.7. The lowest BCUT2D eigenvalue weighted by molar-refractivity contribution is -0.111. The van der Waals surface area contributed by atoms with Gasteiger partial charge in [0.05, 0.1) is 0 Å². The molecule has 0 saturated carbocycles. The maximum Gasteiger partial charge on any atom is 0.217 e. The van der Waals surface area contributed by atoms with Gasteiger partial charge in [-0.05, 0) is 103 Å². The third kappa shape index (κ3) is 5.43. The fourth-order valence-corrected chi connectivity index (χ4v) is 16.0. The van der Waals surface area contributed by atoms with Crippen molar-refractivity contribution in [1.82, 2.24) is 0 Å². The van der Waals surface area contributed by atoms with Crippen molar-refractivity contribution in [3.63, 3.8) is 0 Å². The smallest absolute Gasteiger partial charge is 0.217 e. The van der Waals surface area contributed by atoms with Gasteiger partial charge in [0.2, 0.25) is 16.1 Å². The lowest BCUT2D eigenvalue weighted by Crippen LogP contribution is -2.48. The largest absolute Gasteiger partial charge is 0.304 e. The minimum Gasteiger partial charge on any atom is -0.304 e. The van der Waals surface area contributed by atoms with E-state index in [1.165, 1.54) is 0 Å². The molecular weight excluding hydrogens is 593 g/mol. The van der Waals surface area contributed by atoms with E-state index in [-0.39, 0.29) is 33.0 Å². The van der Waals surface area contributed by atoms with Crippen LogP contribution in [0.1, 0.15) is 80.4 Å². The predicted molar refractivity (Wildman–Crippen MR) is 203 cm³/mol. The Kier molecular flexibility index (Phi) is 9.20. The highest BCUT2D eigenvalue weighted by atomic mass is 28.3. The first-order valence-electron chi connectivity index (χ1n) is 16.6. The molecule has 2 nitrogen and oxygen atoms in total. The lowest BCUT2D eigenvalue weighted by Gasteiger charge is -2.31. The molecule has 0 N–H and O–H groups in total. The van der Waals surface area contributed by atoms with Crippen LogP contribution in [0, 0.1) is 22.9 Å². The Morgan fingerprint density at radius 2 is 0.717 bits per heavy atom. The van der Waals surface area contributed by atoms with Gasteiger partial charge in [0.25, 0.3) is 0 Å². The SMILES string of the molecule is CC(=O)[Si](C#Cc1c2cc3ccccc3cc2c(C#C[Si](C(C)=O)(C(C)C)C(C)C)c2cc3ccccc3cc12)(C(C)C)C(C)C. The maximum absolute atomic E-state index is 13.4. The van der Waals surface area contributed by atoms with Crippen LogP contribution >= 0.6 is 0 Å². The van der Waals surface area contributed by atoms with Crippen molar-refractivity contribution < 1.29 is 9.59 Å². The molecule has 0 fully saturated rings. The molecule has 0 amide bonds. The lowest BCUT2D eigenvalue weighted by atomic mass is 9.89. The monoisotopic (exact) mass is 638 g/mol. The van der Waals surface area contributed by atoms with Crippen molar-refractivity contribution in [3.05, 3.63) is 83.9 Å². The second-order valence-electron chi connectivity index (χ2n) is 14.2. The minimum atomic E-state index is -2.64. The number of carbonyl (C=O) groups is 2. The first kappa shape index (κ1) is 33.4. The van der Waals surface area contributed by atoms with Gasteiger partial charge < -0.3 is 9.59 Å². The second-order valence-corrected chi connectivity index (χ2v) is 24.2. The summed E-state index contributed by atoms with van der Waals surface area (Å²) in [5.74, 6) is 7.39. The van der Waals surface area contributed by atoms with Gasteiger partial charge in [0.1, 0.15) is 10.8 Å². The Morgan fingerprint density at radius 1 is 0.478 bits per heavy atom. The zero-order chi connectivity index (χ0) is 33.6. The highest BCUT2D eigenvalue weighted by Crippen LogP contribution is 2.39. The van der Waals surface area contributed by atoms with Crippen molar-refractivity contribution in [1.29, 1.82) is 0 Å². The van der Waals surface area contributed by atoms with Crippen molar-refractivity contribution in [3.8, 4) is 22.9 Å². The van der Waals surface area contributed by atoms with E-state index in [0.717, 1.165) is 54.2 Å². The molecule has 0 saturated heterocycles. The number of fused-ring (bicyclic) bond motifs is 4. The number of hydrogen-bond acceptors (Lipinski definition) is 2. The summed E-state index contributed by atoms with van der Waals surface area (Å²) < 4.78 is 0. The molecular formula is C42H46O2Si2. The van der Waals surface area contributed by atoms with Gasteiger partial charge >= 0.3 is 0 Å². The molecule has 0 aromatic heterocycles. The van der Waals surface area contributed by atoms with E-state index in [4.69, 9.17) is 0 Å². The van der Waals surface area contributed by atoms with Crippen molar-refractivity contribution >= 4 is 70.1 Å². The minimum absolute atomic E-state index is 0.193. The summed E-state index contributed by atoms with van der Waals surface area (Å²) in [6, 6.07) is 25.8. The Hall–Kier alpha value is -3.97. The van der Waals surface area contributed by atoms with Crippen LogP contribution in [0.25, 0.3) is 43.1 Å². The number of hydrogen-bond donors (Lipinski definition) is 0. The molecule has 5 aromatic carbocycles. The van der Waals surface area contributed by atoms with Crippen LogP contribution in [0.4, 0.5) is 0 Å². The zero-order valence-corrected chi connectivity index (χ0v) is 31.1. The summed E-state index contributed by atoms with van der Waals surface area (Å²) in [7, 11) is -5.29. The van der Waals surface area contributed by atoms with E-state index < -0.39 is 16.1 Å². The van der Waals surface area contributed by atoms with Crippen molar-refractivity contribution in [2.75, 3.05) is 0 Å². The summed E-state index contributed by atoms with van der Waals surface area (Å²) in [6.07, 6.45) is 0. The van der Waals surface area contributed by atoms with Crippen LogP contribution in [0.5, 0.6) is 0 Å². The van der Waals surface area contributed by atoms with Crippen molar-refractivity contribution in [2.24, 2.45) is 0 Å². The normalized spacial score (nSPS) is 12.3. The summed E-state index contributed by atoms with van der Waals surface area (Å²) in [5, 5.41) is 9.20. The number of benzene rings is 5. The third-order valence-corrected chi connectivity index (χ3v) is 21.1. The molecule has 0 bridgehead atoms. The summed E-state index contributed by atoms with van der Waals surface area (Å²) in [5.41, 5.74) is 10.1. The molecule has 0 atom stereocenters. The van der Waals surface area contributed by atoms with Crippen LogP contribution in [-0.2, 0) is 9.59 Å². The van der Waals surface area contributed by atoms with Gasteiger partial charge in [-0.3, -0.25) is 0 Å².